The first-order valence-corrected chi connectivity index (χ1v) is 10.2. The molecule has 0 fully saturated rings. The van der Waals surface area contributed by atoms with Crippen LogP contribution in [0.4, 0.5) is 0 Å². The lowest BCUT2D eigenvalue weighted by Gasteiger charge is -2.23. The van der Waals surface area contributed by atoms with Gasteiger partial charge in [-0.3, -0.25) is 4.98 Å². The molecule has 0 aliphatic rings. The Morgan fingerprint density at radius 3 is 2.42 bits per heavy atom. The van der Waals surface area contributed by atoms with E-state index in [1.54, 1.807) is 6.92 Å². The van der Waals surface area contributed by atoms with Crippen LogP contribution < -0.4 is 5.19 Å². The highest BCUT2D eigenvalue weighted by Crippen LogP contribution is 2.22. The lowest BCUT2D eigenvalue weighted by molar-refractivity contribution is 0.870. The van der Waals surface area contributed by atoms with Gasteiger partial charge in [-0.05, 0) is 22.7 Å². The van der Waals surface area contributed by atoms with Crippen LogP contribution >= 0.6 is 0 Å². The molecule has 2 heteroatoms. The maximum atomic E-state index is 7.78. The number of nitrogens with zero attached hydrogens (tertiary/aromatic N) is 1. The van der Waals surface area contributed by atoms with Gasteiger partial charge in [0.05, 0.1) is 13.8 Å². The highest BCUT2D eigenvalue weighted by molar-refractivity contribution is 6.89. The number of hydrogen-bond donors (Lipinski definition) is 0. The molecular formula is C17H23NSi. The third-order valence-electron chi connectivity index (χ3n) is 3.28. The molecule has 0 aliphatic carbocycles. The van der Waals surface area contributed by atoms with E-state index in [0.717, 1.165) is 22.0 Å². The number of rotatable bonds is 3. The summed E-state index contributed by atoms with van der Waals surface area (Å²) in [7, 11) is -1.66. The molecule has 0 radical (unpaired) electrons. The minimum atomic E-state index is -2.00. The third-order valence-corrected chi connectivity index (χ3v) is 5.31. The molecule has 1 aromatic carbocycles. The second-order valence-corrected chi connectivity index (χ2v) is 11.0. The number of aromatic nitrogens is 1. The SMILES string of the molecule is [2H]C([2H])([2H])C(C)c1cc(-c2ccccc2)ncc1[Si](C)(C)C. The second kappa shape index (κ2) is 5.30. The van der Waals surface area contributed by atoms with Gasteiger partial charge >= 0.3 is 0 Å². The van der Waals surface area contributed by atoms with Gasteiger partial charge in [0.25, 0.3) is 0 Å². The summed E-state index contributed by atoms with van der Waals surface area (Å²) in [5.74, 6) is -0.486. The minimum Gasteiger partial charge on any atom is -0.256 e. The Morgan fingerprint density at radius 2 is 1.84 bits per heavy atom. The quantitative estimate of drug-likeness (QED) is 0.754. The predicted molar refractivity (Wildman–Crippen MR) is 86.7 cm³/mol. The van der Waals surface area contributed by atoms with Gasteiger partial charge in [0, 0.05) is 15.9 Å². The molecule has 2 rings (SSSR count). The van der Waals surface area contributed by atoms with E-state index in [2.05, 4.69) is 24.6 Å². The highest BCUT2D eigenvalue weighted by Gasteiger charge is 2.22. The Labute approximate surface area is 121 Å². The Hall–Kier alpha value is -1.41. The van der Waals surface area contributed by atoms with Crippen molar-refractivity contribution >= 4 is 13.3 Å². The molecule has 1 heterocycles. The zero-order valence-corrected chi connectivity index (χ0v) is 13.1. The van der Waals surface area contributed by atoms with Crippen LogP contribution in [0.15, 0.2) is 42.6 Å². The van der Waals surface area contributed by atoms with Crippen LogP contribution in [0.1, 0.15) is 29.4 Å². The van der Waals surface area contributed by atoms with Crippen LogP contribution in [0.2, 0.25) is 19.6 Å². The van der Waals surface area contributed by atoms with Crippen molar-refractivity contribution in [1.82, 2.24) is 4.98 Å². The molecule has 19 heavy (non-hydrogen) atoms. The summed E-state index contributed by atoms with van der Waals surface area (Å²) >= 11 is 0. The molecule has 0 saturated carbocycles. The normalized spacial score (nSPS) is 16.3. The lowest BCUT2D eigenvalue weighted by Crippen LogP contribution is -2.40. The predicted octanol–water partition coefficient (Wildman–Crippen LogP) is 4.42. The van der Waals surface area contributed by atoms with E-state index >= 15 is 0 Å². The van der Waals surface area contributed by atoms with Gasteiger partial charge in [0.15, 0.2) is 0 Å². The summed E-state index contributed by atoms with van der Waals surface area (Å²) in [6.45, 7) is 6.47. The van der Waals surface area contributed by atoms with Gasteiger partial charge < -0.3 is 0 Å². The van der Waals surface area contributed by atoms with Crippen molar-refractivity contribution < 1.29 is 4.11 Å². The molecule has 0 bridgehead atoms. The summed E-state index contributed by atoms with van der Waals surface area (Å²) in [4.78, 5) is 4.59. The summed E-state index contributed by atoms with van der Waals surface area (Å²) < 4.78 is 23.3. The summed E-state index contributed by atoms with van der Waals surface area (Å²) in [6, 6.07) is 11.9. The van der Waals surface area contributed by atoms with Gasteiger partial charge in [0.1, 0.15) is 0 Å². The van der Waals surface area contributed by atoms with Crippen LogP contribution in [0.25, 0.3) is 11.3 Å². The van der Waals surface area contributed by atoms with Crippen molar-refractivity contribution in [2.45, 2.75) is 39.3 Å². The van der Waals surface area contributed by atoms with E-state index in [4.69, 9.17) is 4.11 Å². The number of pyridine rings is 1. The molecule has 1 aromatic heterocycles. The lowest BCUT2D eigenvalue weighted by atomic mass is 10.0. The van der Waals surface area contributed by atoms with E-state index in [-0.39, 0.29) is 0 Å². The van der Waals surface area contributed by atoms with E-state index in [9.17, 15) is 0 Å². The summed E-state index contributed by atoms with van der Waals surface area (Å²) in [5.41, 5.74) is 2.78. The molecule has 0 saturated heterocycles. The molecule has 1 atom stereocenters. The molecule has 0 spiro atoms. The topological polar surface area (TPSA) is 12.9 Å². The summed E-state index contributed by atoms with van der Waals surface area (Å²) in [6.07, 6.45) is 1.89. The van der Waals surface area contributed by atoms with Crippen molar-refractivity contribution in [2.75, 3.05) is 0 Å². The molecule has 1 nitrogen and oxygen atoms in total. The van der Waals surface area contributed by atoms with Gasteiger partial charge in [0.2, 0.25) is 0 Å². The van der Waals surface area contributed by atoms with Crippen LogP contribution in [-0.2, 0) is 0 Å². The van der Waals surface area contributed by atoms with Gasteiger partial charge in [-0.25, -0.2) is 0 Å². The zero-order chi connectivity index (χ0) is 16.5. The summed E-state index contributed by atoms with van der Waals surface area (Å²) in [5, 5.41) is 1.14. The molecule has 0 amide bonds. The second-order valence-electron chi connectivity index (χ2n) is 5.99. The molecular weight excluding hydrogens is 246 g/mol. The Bertz CT molecular complexity index is 645. The molecule has 0 N–H and O–H groups in total. The first-order valence-electron chi connectivity index (χ1n) is 8.16. The van der Waals surface area contributed by atoms with Gasteiger partial charge in [-0.2, -0.15) is 0 Å². The molecule has 2 aromatic rings. The van der Waals surface area contributed by atoms with Crippen LogP contribution in [0.3, 0.4) is 0 Å². The van der Waals surface area contributed by atoms with Crippen LogP contribution in [0.5, 0.6) is 0 Å². The van der Waals surface area contributed by atoms with Crippen molar-refractivity contribution in [3.05, 3.63) is 48.2 Å². The number of hydrogen-bond acceptors (Lipinski definition) is 1. The highest BCUT2D eigenvalue weighted by atomic mass is 28.3. The maximum absolute atomic E-state index is 7.78. The van der Waals surface area contributed by atoms with Crippen molar-refractivity contribution in [2.24, 2.45) is 0 Å². The Balaban J connectivity index is 2.61. The fraction of sp³-hybridized carbons (Fsp3) is 0.353. The van der Waals surface area contributed by atoms with E-state index in [1.165, 1.54) is 0 Å². The standard InChI is InChI=1S/C17H23NSi/c1-13(2)15-11-16(14-9-7-6-8-10-14)18-12-17(15)19(3,4)5/h6-13H,1-5H3/i1D3. The van der Waals surface area contributed by atoms with Crippen molar-refractivity contribution in [1.29, 1.82) is 0 Å². The fourth-order valence-electron chi connectivity index (χ4n) is 2.22. The average molecular weight is 272 g/mol. The van der Waals surface area contributed by atoms with E-state index < -0.39 is 20.8 Å². The largest absolute Gasteiger partial charge is 0.256 e. The zero-order valence-electron chi connectivity index (χ0n) is 15.1. The molecule has 0 aliphatic heterocycles. The Morgan fingerprint density at radius 1 is 1.16 bits per heavy atom. The molecule has 100 valence electrons. The first kappa shape index (κ1) is 10.4. The van der Waals surface area contributed by atoms with Crippen LogP contribution in [0, 0.1) is 0 Å². The maximum Gasteiger partial charge on any atom is 0.0799 e. The molecule has 1 unspecified atom stereocenters. The van der Waals surface area contributed by atoms with Crippen LogP contribution in [-0.4, -0.2) is 13.1 Å². The average Bonchev–Trinajstić information content (AvgIpc) is 2.45. The fourth-order valence-corrected chi connectivity index (χ4v) is 3.83. The Kier molecular flexibility index (Phi) is 2.89. The van der Waals surface area contributed by atoms with E-state index in [1.807, 2.05) is 42.6 Å². The van der Waals surface area contributed by atoms with Gasteiger partial charge in [-0.15, -0.1) is 0 Å². The van der Waals surface area contributed by atoms with Gasteiger partial charge in [-0.1, -0.05) is 63.7 Å². The first-order chi connectivity index (χ1) is 10.1. The third kappa shape index (κ3) is 3.13. The number of benzene rings is 1. The van der Waals surface area contributed by atoms with Crippen molar-refractivity contribution in [3.8, 4) is 11.3 Å². The minimum absolute atomic E-state index is 0.486. The van der Waals surface area contributed by atoms with E-state index in [0.29, 0.717) is 0 Å². The smallest absolute Gasteiger partial charge is 0.0799 e. The van der Waals surface area contributed by atoms with Crippen molar-refractivity contribution in [3.63, 3.8) is 0 Å². The monoisotopic (exact) mass is 272 g/mol.